The Morgan fingerprint density at radius 2 is 2.15 bits per heavy atom. The van der Waals surface area contributed by atoms with Crippen LogP contribution in [0.3, 0.4) is 0 Å². The van der Waals surface area contributed by atoms with Gasteiger partial charge in [-0.1, -0.05) is 6.42 Å². The number of hydrogen-bond donors (Lipinski definition) is 0. The predicted molar refractivity (Wildman–Crippen MR) is 54.8 cm³/mol. The lowest BCUT2D eigenvalue weighted by atomic mass is 9.96. The third kappa shape index (κ3) is 3.11. The van der Waals surface area contributed by atoms with Crippen molar-refractivity contribution < 1.29 is 4.79 Å². The average Bonchev–Trinajstić information content (AvgIpc) is 2.03. The summed E-state index contributed by atoms with van der Waals surface area (Å²) < 4.78 is 0. The number of rotatable bonds is 3. The van der Waals surface area contributed by atoms with Gasteiger partial charge in [-0.25, -0.2) is 0 Å². The summed E-state index contributed by atoms with van der Waals surface area (Å²) in [5.41, 5.74) is 0. The predicted octanol–water partition coefficient (Wildman–Crippen LogP) is 2.23. The van der Waals surface area contributed by atoms with Crippen LogP contribution in [-0.4, -0.2) is 29.3 Å². The van der Waals surface area contributed by atoms with Crippen LogP contribution in [0.2, 0.25) is 0 Å². The van der Waals surface area contributed by atoms with Gasteiger partial charge in [0.15, 0.2) is 0 Å². The highest BCUT2D eigenvalue weighted by Gasteiger charge is 2.24. The number of Topliss-reactive ketones (excluding diaryl/α,β-unsaturated/α-hetero) is 1. The molecule has 1 heterocycles. The molecule has 0 aliphatic carbocycles. The van der Waals surface area contributed by atoms with Crippen LogP contribution in [0, 0.1) is 0 Å². The maximum Gasteiger partial charge on any atom is 0.131 e. The lowest BCUT2D eigenvalue weighted by Gasteiger charge is -2.38. The first kappa shape index (κ1) is 10.7. The van der Waals surface area contributed by atoms with Gasteiger partial charge in [-0.15, -0.1) is 0 Å². The molecule has 0 spiro atoms. The summed E-state index contributed by atoms with van der Waals surface area (Å²) in [6.07, 6.45) is 4.55. The van der Waals surface area contributed by atoms with Gasteiger partial charge in [-0.3, -0.25) is 9.69 Å². The first-order valence-corrected chi connectivity index (χ1v) is 5.36. The van der Waals surface area contributed by atoms with E-state index in [1.54, 1.807) is 6.92 Å². The van der Waals surface area contributed by atoms with Crippen LogP contribution in [0.1, 0.15) is 46.5 Å². The molecule has 1 atom stereocenters. The van der Waals surface area contributed by atoms with Crippen LogP contribution >= 0.6 is 0 Å². The SMILES string of the molecule is CC(=O)CC1CCCCN1C(C)C. The molecule has 2 nitrogen and oxygen atoms in total. The van der Waals surface area contributed by atoms with Crippen LogP contribution in [-0.2, 0) is 4.79 Å². The molecule has 0 amide bonds. The molecule has 1 fully saturated rings. The van der Waals surface area contributed by atoms with Crippen molar-refractivity contribution in [3.05, 3.63) is 0 Å². The Labute approximate surface area is 81.3 Å². The molecular weight excluding hydrogens is 162 g/mol. The van der Waals surface area contributed by atoms with Crippen LogP contribution in [0.15, 0.2) is 0 Å². The number of hydrogen-bond acceptors (Lipinski definition) is 2. The van der Waals surface area contributed by atoms with Crippen molar-refractivity contribution in [2.24, 2.45) is 0 Å². The number of carbonyl (C=O) groups excluding carboxylic acids is 1. The first-order chi connectivity index (χ1) is 6.11. The monoisotopic (exact) mass is 183 g/mol. The summed E-state index contributed by atoms with van der Waals surface area (Å²) in [5.74, 6) is 0.331. The molecule has 0 N–H and O–H groups in total. The third-order valence-corrected chi connectivity index (χ3v) is 2.86. The highest BCUT2D eigenvalue weighted by molar-refractivity contribution is 5.76. The molecule has 0 saturated carbocycles. The van der Waals surface area contributed by atoms with Crippen molar-refractivity contribution in [1.29, 1.82) is 0 Å². The Bertz CT molecular complexity index is 177. The van der Waals surface area contributed by atoms with Crippen molar-refractivity contribution in [2.75, 3.05) is 6.54 Å². The summed E-state index contributed by atoms with van der Waals surface area (Å²) in [7, 11) is 0. The van der Waals surface area contributed by atoms with Gasteiger partial charge in [0.1, 0.15) is 5.78 Å². The summed E-state index contributed by atoms with van der Waals surface area (Å²) >= 11 is 0. The standard InChI is InChI=1S/C11H21NO/c1-9(2)12-7-5-4-6-11(12)8-10(3)13/h9,11H,4-8H2,1-3H3. The summed E-state index contributed by atoms with van der Waals surface area (Å²) in [5, 5.41) is 0. The topological polar surface area (TPSA) is 20.3 Å². The fourth-order valence-corrected chi connectivity index (χ4v) is 2.25. The first-order valence-electron chi connectivity index (χ1n) is 5.36. The van der Waals surface area contributed by atoms with Crippen LogP contribution < -0.4 is 0 Å². The van der Waals surface area contributed by atoms with E-state index in [4.69, 9.17) is 0 Å². The summed E-state index contributed by atoms with van der Waals surface area (Å²) in [6.45, 7) is 7.32. The van der Waals surface area contributed by atoms with E-state index in [-0.39, 0.29) is 0 Å². The van der Waals surface area contributed by atoms with Gasteiger partial charge in [0, 0.05) is 18.5 Å². The normalized spacial score (nSPS) is 25.1. The minimum absolute atomic E-state index is 0.331. The number of ketones is 1. The second-order valence-corrected chi connectivity index (χ2v) is 4.39. The van der Waals surface area contributed by atoms with Crippen molar-refractivity contribution in [1.82, 2.24) is 4.90 Å². The van der Waals surface area contributed by atoms with Gasteiger partial charge in [-0.05, 0) is 40.2 Å². The highest BCUT2D eigenvalue weighted by atomic mass is 16.1. The summed E-state index contributed by atoms with van der Waals surface area (Å²) in [6, 6.07) is 1.11. The largest absolute Gasteiger partial charge is 0.300 e. The van der Waals surface area contributed by atoms with Crippen molar-refractivity contribution >= 4 is 5.78 Å². The second-order valence-electron chi connectivity index (χ2n) is 4.39. The molecule has 0 aromatic carbocycles. The molecular formula is C11H21NO. The minimum Gasteiger partial charge on any atom is -0.300 e. The molecule has 1 aliphatic heterocycles. The van der Waals surface area contributed by atoms with E-state index in [1.165, 1.54) is 25.8 Å². The Hall–Kier alpha value is -0.370. The van der Waals surface area contributed by atoms with E-state index in [9.17, 15) is 4.79 Å². The maximum atomic E-state index is 11.1. The van der Waals surface area contributed by atoms with E-state index in [0.717, 1.165) is 6.42 Å². The van der Waals surface area contributed by atoms with Gasteiger partial charge in [0.05, 0.1) is 0 Å². The van der Waals surface area contributed by atoms with Gasteiger partial charge in [-0.2, -0.15) is 0 Å². The minimum atomic E-state index is 0.331. The van der Waals surface area contributed by atoms with Gasteiger partial charge < -0.3 is 0 Å². The van der Waals surface area contributed by atoms with E-state index in [0.29, 0.717) is 17.9 Å². The fraction of sp³-hybridized carbons (Fsp3) is 0.909. The van der Waals surface area contributed by atoms with E-state index in [2.05, 4.69) is 18.7 Å². The molecule has 0 radical (unpaired) electrons. The van der Waals surface area contributed by atoms with E-state index < -0.39 is 0 Å². The Kier molecular flexibility index (Phi) is 3.91. The van der Waals surface area contributed by atoms with Gasteiger partial charge in [0.2, 0.25) is 0 Å². The van der Waals surface area contributed by atoms with Crippen LogP contribution in [0.4, 0.5) is 0 Å². The quantitative estimate of drug-likeness (QED) is 0.668. The highest BCUT2D eigenvalue weighted by Crippen LogP contribution is 2.21. The van der Waals surface area contributed by atoms with Crippen LogP contribution in [0.5, 0.6) is 0 Å². The van der Waals surface area contributed by atoms with Crippen molar-refractivity contribution in [2.45, 2.75) is 58.5 Å². The molecule has 0 bridgehead atoms. The lowest BCUT2D eigenvalue weighted by molar-refractivity contribution is -0.118. The molecule has 2 heteroatoms. The van der Waals surface area contributed by atoms with Crippen LogP contribution in [0.25, 0.3) is 0 Å². The molecule has 0 aromatic rings. The Balaban J connectivity index is 2.51. The van der Waals surface area contributed by atoms with Crippen molar-refractivity contribution in [3.8, 4) is 0 Å². The average molecular weight is 183 g/mol. The molecule has 1 aliphatic rings. The number of piperidine rings is 1. The zero-order valence-corrected chi connectivity index (χ0v) is 9.05. The van der Waals surface area contributed by atoms with E-state index in [1.807, 2.05) is 0 Å². The zero-order valence-electron chi connectivity index (χ0n) is 9.05. The molecule has 76 valence electrons. The number of nitrogens with zero attached hydrogens (tertiary/aromatic N) is 1. The molecule has 1 saturated heterocycles. The molecule has 1 rings (SSSR count). The molecule has 1 unspecified atom stereocenters. The van der Waals surface area contributed by atoms with Gasteiger partial charge >= 0.3 is 0 Å². The smallest absolute Gasteiger partial charge is 0.131 e. The summed E-state index contributed by atoms with van der Waals surface area (Å²) in [4.78, 5) is 13.5. The molecule has 13 heavy (non-hydrogen) atoms. The Morgan fingerprint density at radius 1 is 1.46 bits per heavy atom. The molecule has 0 aromatic heterocycles. The Morgan fingerprint density at radius 3 is 2.69 bits per heavy atom. The fourth-order valence-electron chi connectivity index (χ4n) is 2.25. The third-order valence-electron chi connectivity index (χ3n) is 2.86. The van der Waals surface area contributed by atoms with Crippen molar-refractivity contribution in [3.63, 3.8) is 0 Å². The van der Waals surface area contributed by atoms with Gasteiger partial charge in [0.25, 0.3) is 0 Å². The number of likely N-dealkylation sites (tertiary alicyclic amines) is 1. The maximum absolute atomic E-state index is 11.1. The van der Waals surface area contributed by atoms with E-state index >= 15 is 0 Å². The second kappa shape index (κ2) is 4.75. The number of carbonyl (C=O) groups is 1. The zero-order chi connectivity index (χ0) is 9.84. The lowest BCUT2D eigenvalue weighted by Crippen LogP contribution is -2.44.